The zero-order valence-corrected chi connectivity index (χ0v) is 10.4. The number of para-hydroxylation sites is 1. The molecule has 1 aromatic carbocycles. The van der Waals surface area contributed by atoms with Gasteiger partial charge in [-0.15, -0.1) is 0 Å². The number of carbonyl (C=O) groups excluding carboxylic acids is 1. The molecule has 0 aliphatic heterocycles. The van der Waals surface area contributed by atoms with Crippen LogP contribution in [0.1, 0.15) is 16.1 Å². The fourth-order valence-electron chi connectivity index (χ4n) is 1.78. The number of rotatable bonds is 2. The SMILES string of the molecule is Cc1ccccc1N(C)C(=O)c1cc(N)ccn1. The highest BCUT2D eigenvalue weighted by atomic mass is 16.2. The van der Waals surface area contributed by atoms with Crippen molar-refractivity contribution in [1.82, 2.24) is 4.98 Å². The largest absolute Gasteiger partial charge is 0.399 e. The molecule has 2 rings (SSSR count). The summed E-state index contributed by atoms with van der Waals surface area (Å²) < 4.78 is 0. The van der Waals surface area contributed by atoms with Crippen molar-refractivity contribution in [3.05, 3.63) is 53.9 Å². The lowest BCUT2D eigenvalue weighted by Gasteiger charge is -2.19. The molecule has 0 radical (unpaired) electrons. The monoisotopic (exact) mass is 241 g/mol. The molecule has 2 N–H and O–H groups in total. The Morgan fingerprint density at radius 1 is 1.28 bits per heavy atom. The number of nitrogen functional groups attached to an aromatic ring is 1. The first kappa shape index (κ1) is 12.1. The second kappa shape index (κ2) is 4.87. The number of pyridine rings is 1. The zero-order chi connectivity index (χ0) is 13.1. The van der Waals surface area contributed by atoms with Gasteiger partial charge in [-0.05, 0) is 30.7 Å². The lowest BCUT2D eigenvalue weighted by molar-refractivity contribution is 0.0988. The molecule has 0 bridgehead atoms. The van der Waals surface area contributed by atoms with Crippen molar-refractivity contribution in [3.63, 3.8) is 0 Å². The second-order valence-corrected chi connectivity index (χ2v) is 4.13. The van der Waals surface area contributed by atoms with Gasteiger partial charge in [0.1, 0.15) is 5.69 Å². The molecular weight excluding hydrogens is 226 g/mol. The summed E-state index contributed by atoms with van der Waals surface area (Å²) >= 11 is 0. The smallest absolute Gasteiger partial charge is 0.276 e. The van der Waals surface area contributed by atoms with Crippen LogP contribution in [0.15, 0.2) is 42.6 Å². The number of nitrogens with zero attached hydrogens (tertiary/aromatic N) is 2. The Bertz CT molecular complexity index is 581. The van der Waals surface area contributed by atoms with Crippen LogP contribution in [0.5, 0.6) is 0 Å². The predicted octanol–water partition coefficient (Wildman–Crippen LogP) is 2.25. The first-order chi connectivity index (χ1) is 8.59. The molecule has 0 spiro atoms. The van der Waals surface area contributed by atoms with Gasteiger partial charge in [-0.25, -0.2) is 0 Å². The van der Waals surface area contributed by atoms with E-state index in [-0.39, 0.29) is 5.91 Å². The molecule has 2 aromatic rings. The van der Waals surface area contributed by atoms with Gasteiger partial charge in [0.2, 0.25) is 0 Å². The average Bonchev–Trinajstić information content (AvgIpc) is 2.37. The summed E-state index contributed by atoms with van der Waals surface area (Å²) in [5, 5.41) is 0. The molecule has 1 heterocycles. The Balaban J connectivity index is 2.32. The minimum Gasteiger partial charge on any atom is -0.399 e. The lowest BCUT2D eigenvalue weighted by Crippen LogP contribution is -2.27. The highest BCUT2D eigenvalue weighted by Gasteiger charge is 2.16. The van der Waals surface area contributed by atoms with Crippen LogP contribution in [0, 0.1) is 6.92 Å². The molecule has 0 unspecified atom stereocenters. The van der Waals surface area contributed by atoms with Crippen LogP contribution >= 0.6 is 0 Å². The average molecular weight is 241 g/mol. The maximum Gasteiger partial charge on any atom is 0.276 e. The first-order valence-electron chi connectivity index (χ1n) is 5.65. The topological polar surface area (TPSA) is 59.2 Å². The van der Waals surface area contributed by atoms with Crippen LogP contribution in [0.25, 0.3) is 0 Å². The van der Waals surface area contributed by atoms with Gasteiger partial charge >= 0.3 is 0 Å². The van der Waals surface area contributed by atoms with Crippen molar-refractivity contribution in [2.45, 2.75) is 6.92 Å². The van der Waals surface area contributed by atoms with E-state index in [4.69, 9.17) is 5.73 Å². The summed E-state index contributed by atoms with van der Waals surface area (Å²) in [6.45, 7) is 1.96. The van der Waals surface area contributed by atoms with Crippen molar-refractivity contribution in [1.29, 1.82) is 0 Å². The number of aromatic nitrogens is 1. The van der Waals surface area contributed by atoms with E-state index in [9.17, 15) is 4.79 Å². The van der Waals surface area contributed by atoms with E-state index < -0.39 is 0 Å². The molecule has 92 valence electrons. The Morgan fingerprint density at radius 2 is 2.00 bits per heavy atom. The molecule has 4 heteroatoms. The Kier molecular flexibility index (Phi) is 3.28. The summed E-state index contributed by atoms with van der Waals surface area (Å²) in [5.41, 5.74) is 8.44. The summed E-state index contributed by atoms with van der Waals surface area (Å²) in [6, 6.07) is 10.9. The van der Waals surface area contributed by atoms with E-state index in [1.54, 1.807) is 24.1 Å². The van der Waals surface area contributed by atoms with Crippen molar-refractivity contribution in [2.24, 2.45) is 0 Å². The van der Waals surface area contributed by atoms with E-state index in [0.29, 0.717) is 11.4 Å². The Morgan fingerprint density at radius 3 is 2.67 bits per heavy atom. The number of amides is 1. The molecule has 18 heavy (non-hydrogen) atoms. The minimum atomic E-state index is -0.170. The van der Waals surface area contributed by atoms with E-state index in [2.05, 4.69) is 4.98 Å². The van der Waals surface area contributed by atoms with Crippen LogP contribution in [0.2, 0.25) is 0 Å². The maximum absolute atomic E-state index is 12.3. The van der Waals surface area contributed by atoms with Gasteiger partial charge in [0.25, 0.3) is 5.91 Å². The van der Waals surface area contributed by atoms with Gasteiger partial charge in [-0.1, -0.05) is 18.2 Å². The molecular formula is C14H15N3O. The van der Waals surface area contributed by atoms with Crippen LogP contribution in [-0.4, -0.2) is 17.9 Å². The van der Waals surface area contributed by atoms with Crippen LogP contribution < -0.4 is 10.6 Å². The van der Waals surface area contributed by atoms with Gasteiger partial charge < -0.3 is 10.6 Å². The van der Waals surface area contributed by atoms with Gasteiger partial charge in [0, 0.05) is 24.6 Å². The van der Waals surface area contributed by atoms with Crippen LogP contribution in [-0.2, 0) is 0 Å². The highest BCUT2D eigenvalue weighted by Crippen LogP contribution is 2.19. The van der Waals surface area contributed by atoms with E-state index >= 15 is 0 Å². The zero-order valence-electron chi connectivity index (χ0n) is 10.4. The van der Waals surface area contributed by atoms with Gasteiger partial charge in [0.05, 0.1) is 0 Å². The maximum atomic E-state index is 12.3. The van der Waals surface area contributed by atoms with E-state index in [1.165, 1.54) is 6.20 Å². The van der Waals surface area contributed by atoms with Gasteiger partial charge in [-0.2, -0.15) is 0 Å². The van der Waals surface area contributed by atoms with Crippen molar-refractivity contribution >= 4 is 17.3 Å². The third-order valence-electron chi connectivity index (χ3n) is 2.78. The highest BCUT2D eigenvalue weighted by molar-refractivity contribution is 6.05. The first-order valence-corrected chi connectivity index (χ1v) is 5.65. The molecule has 0 saturated carbocycles. The van der Waals surface area contributed by atoms with Crippen LogP contribution in [0.3, 0.4) is 0 Å². The summed E-state index contributed by atoms with van der Waals surface area (Å²) in [5.74, 6) is -0.170. The van der Waals surface area contributed by atoms with Crippen molar-refractivity contribution in [3.8, 4) is 0 Å². The van der Waals surface area contributed by atoms with Gasteiger partial charge in [0.15, 0.2) is 0 Å². The van der Waals surface area contributed by atoms with Crippen LogP contribution in [0.4, 0.5) is 11.4 Å². The number of hydrogen-bond donors (Lipinski definition) is 1. The summed E-state index contributed by atoms with van der Waals surface area (Å²) in [4.78, 5) is 17.9. The van der Waals surface area contributed by atoms with E-state index in [0.717, 1.165) is 11.3 Å². The fraction of sp³-hybridized carbons (Fsp3) is 0.143. The normalized spacial score (nSPS) is 10.1. The Hall–Kier alpha value is -2.36. The third-order valence-corrected chi connectivity index (χ3v) is 2.78. The lowest BCUT2D eigenvalue weighted by atomic mass is 10.2. The summed E-state index contributed by atoms with van der Waals surface area (Å²) in [7, 11) is 1.73. The quantitative estimate of drug-likeness (QED) is 0.877. The standard InChI is InChI=1S/C14H15N3O/c1-10-5-3-4-6-13(10)17(2)14(18)12-9-11(15)7-8-16-12/h3-9H,1-2H3,(H2,15,16). The predicted molar refractivity (Wildman–Crippen MR) is 72.6 cm³/mol. The van der Waals surface area contributed by atoms with E-state index in [1.807, 2.05) is 31.2 Å². The molecule has 1 aromatic heterocycles. The van der Waals surface area contributed by atoms with Crippen molar-refractivity contribution < 1.29 is 4.79 Å². The number of anilines is 2. The number of carbonyl (C=O) groups is 1. The Labute approximate surface area is 106 Å². The molecule has 0 atom stereocenters. The second-order valence-electron chi connectivity index (χ2n) is 4.13. The number of benzene rings is 1. The minimum absolute atomic E-state index is 0.170. The number of aryl methyl sites for hydroxylation is 1. The molecule has 1 amide bonds. The fourth-order valence-corrected chi connectivity index (χ4v) is 1.78. The third kappa shape index (κ3) is 2.32. The molecule has 0 saturated heterocycles. The van der Waals surface area contributed by atoms with Gasteiger partial charge in [-0.3, -0.25) is 9.78 Å². The summed E-state index contributed by atoms with van der Waals surface area (Å²) in [6.07, 6.45) is 1.54. The number of nitrogens with two attached hydrogens (primary N) is 1. The molecule has 0 fully saturated rings. The van der Waals surface area contributed by atoms with Crippen molar-refractivity contribution in [2.75, 3.05) is 17.7 Å². The number of hydrogen-bond acceptors (Lipinski definition) is 3. The molecule has 0 aliphatic carbocycles. The molecule has 0 aliphatic rings. The molecule has 4 nitrogen and oxygen atoms in total.